The second kappa shape index (κ2) is 7.82. The molecule has 0 unspecified atom stereocenters. The molecule has 0 aliphatic heterocycles. The van der Waals surface area contributed by atoms with Gasteiger partial charge in [-0.25, -0.2) is 13.9 Å². The number of esters is 1. The molecule has 27 heavy (non-hydrogen) atoms. The van der Waals surface area contributed by atoms with Gasteiger partial charge < -0.3 is 10.1 Å². The van der Waals surface area contributed by atoms with Crippen LogP contribution in [0.3, 0.4) is 0 Å². The third-order valence-corrected chi connectivity index (χ3v) is 3.96. The van der Waals surface area contributed by atoms with Crippen LogP contribution in [0.5, 0.6) is 0 Å². The van der Waals surface area contributed by atoms with Crippen molar-refractivity contribution in [3.63, 3.8) is 0 Å². The van der Waals surface area contributed by atoms with Crippen LogP contribution in [0.1, 0.15) is 21.7 Å². The highest BCUT2D eigenvalue weighted by Crippen LogP contribution is 2.18. The highest BCUT2D eigenvalue weighted by Gasteiger charge is 2.21. The van der Waals surface area contributed by atoms with Gasteiger partial charge in [0.2, 0.25) is 0 Å². The minimum Gasteiger partial charge on any atom is -0.452 e. The molecule has 138 valence electrons. The number of benzene rings is 2. The first-order chi connectivity index (χ1) is 13.0. The Morgan fingerprint density at radius 2 is 1.74 bits per heavy atom. The SMILES string of the molecule is Cc1nn(-c2ccccc2)c(C)c1C(=O)OCC(=O)Nc1ccc(F)cc1. The molecular formula is C20H18FN3O3. The van der Waals surface area contributed by atoms with Gasteiger partial charge in [0.1, 0.15) is 11.4 Å². The number of anilines is 1. The van der Waals surface area contributed by atoms with Gasteiger partial charge in [-0.3, -0.25) is 4.79 Å². The number of hydrogen-bond donors (Lipinski definition) is 1. The van der Waals surface area contributed by atoms with E-state index in [-0.39, 0.29) is 0 Å². The molecule has 0 fully saturated rings. The maximum absolute atomic E-state index is 12.9. The summed E-state index contributed by atoms with van der Waals surface area (Å²) in [5.41, 5.74) is 2.71. The van der Waals surface area contributed by atoms with Crippen LogP contribution in [0.15, 0.2) is 54.6 Å². The van der Waals surface area contributed by atoms with Crippen molar-refractivity contribution in [2.75, 3.05) is 11.9 Å². The predicted molar refractivity (Wildman–Crippen MR) is 98.4 cm³/mol. The van der Waals surface area contributed by atoms with E-state index in [1.165, 1.54) is 24.3 Å². The van der Waals surface area contributed by atoms with E-state index in [2.05, 4.69) is 10.4 Å². The Morgan fingerprint density at radius 3 is 2.41 bits per heavy atom. The zero-order chi connectivity index (χ0) is 19.4. The fraction of sp³-hybridized carbons (Fsp3) is 0.150. The molecule has 0 aliphatic rings. The molecule has 1 aromatic heterocycles. The van der Waals surface area contributed by atoms with Gasteiger partial charge in [0, 0.05) is 5.69 Å². The number of nitrogens with zero attached hydrogens (tertiary/aromatic N) is 2. The fourth-order valence-corrected chi connectivity index (χ4v) is 2.69. The molecule has 0 saturated heterocycles. The maximum Gasteiger partial charge on any atom is 0.342 e. The number of ether oxygens (including phenoxy) is 1. The summed E-state index contributed by atoms with van der Waals surface area (Å²) in [4.78, 5) is 24.4. The number of amides is 1. The summed E-state index contributed by atoms with van der Waals surface area (Å²) in [5, 5.41) is 6.92. The molecule has 6 nitrogen and oxygen atoms in total. The molecule has 1 amide bonds. The van der Waals surface area contributed by atoms with Crippen LogP contribution in [0.25, 0.3) is 5.69 Å². The van der Waals surface area contributed by atoms with Gasteiger partial charge in [-0.1, -0.05) is 18.2 Å². The first kappa shape index (κ1) is 18.3. The van der Waals surface area contributed by atoms with Crippen molar-refractivity contribution in [2.24, 2.45) is 0 Å². The first-order valence-corrected chi connectivity index (χ1v) is 8.30. The monoisotopic (exact) mass is 367 g/mol. The largest absolute Gasteiger partial charge is 0.452 e. The van der Waals surface area contributed by atoms with Gasteiger partial charge in [-0.2, -0.15) is 5.10 Å². The Balaban J connectivity index is 1.67. The number of para-hydroxylation sites is 1. The van der Waals surface area contributed by atoms with Crippen molar-refractivity contribution in [3.8, 4) is 5.69 Å². The number of aromatic nitrogens is 2. The summed E-state index contributed by atoms with van der Waals surface area (Å²) in [6, 6.07) is 14.7. The number of aryl methyl sites for hydroxylation is 1. The lowest BCUT2D eigenvalue weighted by Crippen LogP contribution is -2.21. The lowest BCUT2D eigenvalue weighted by molar-refractivity contribution is -0.119. The van der Waals surface area contributed by atoms with E-state index in [9.17, 15) is 14.0 Å². The summed E-state index contributed by atoms with van der Waals surface area (Å²) in [7, 11) is 0. The van der Waals surface area contributed by atoms with E-state index in [1.807, 2.05) is 30.3 Å². The van der Waals surface area contributed by atoms with Gasteiger partial charge in [0.15, 0.2) is 6.61 Å². The first-order valence-electron chi connectivity index (χ1n) is 8.30. The molecule has 7 heteroatoms. The molecule has 1 N–H and O–H groups in total. The quantitative estimate of drug-likeness (QED) is 0.701. The standard InChI is InChI=1S/C20H18FN3O3/c1-13-19(14(2)24(23-13)17-6-4-3-5-7-17)20(26)27-12-18(25)22-16-10-8-15(21)9-11-16/h3-11H,12H2,1-2H3,(H,22,25). The third-order valence-electron chi connectivity index (χ3n) is 3.96. The molecule has 0 radical (unpaired) electrons. The lowest BCUT2D eigenvalue weighted by Gasteiger charge is -2.07. The van der Waals surface area contributed by atoms with Crippen molar-refractivity contribution >= 4 is 17.6 Å². The minimum atomic E-state index is -0.624. The molecule has 0 atom stereocenters. The second-order valence-electron chi connectivity index (χ2n) is 5.92. The van der Waals surface area contributed by atoms with Gasteiger partial charge >= 0.3 is 5.97 Å². The van der Waals surface area contributed by atoms with E-state index >= 15 is 0 Å². The number of carbonyl (C=O) groups is 2. The Hall–Kier alpha value is -3.48. The average Bonchev–Trinajstić information content (AvgIpc) is 2.97. The predicted octanol–water partition coefficient (Wildman–Crippen LogP) is 3.42. The highest BCUT2D eigenvalue weighted by atomic mass is 19.1. The van der Waals surface area contributed by atoms with E-state index in [0.29, 0.717) is 22.6 Å². The number of rotatable bonds is 5. The maximum atomic E-state index is 12.9. The third kappa shape index (κ3) is 4.20. The van der Waals surface area contributed by atoms with Crippen molar-refractivity contribution in [1.82, 2.24) is 9.78 Å². The molecule has 3 rings (SSSR count). The van der Waals surface area contributed by atoms with Crippen LogP contribution in [-0.2, 0) is 9.53 Å². The fourth-order valence-electron chi connectivity index (χ4n) is 2.69. The highest BCUT2D eigenvalue weighted by molar-refractivity contribution is 5.96. The lowest BCUT2D eigenvalue weighted by atomic mass is 10.2. The number of carbonyl (C=O) groups excluding carboxylic acids is 2. The number of halogens is 1. The number of nitrogens with one attached hydrogen (secondary N) is 1. The normalized spacial score (nSPS) is 10.5. The van der Waals surface area contributed by atoms with Crippen LogP contribution in [0.2, 0.25) is 0 Å². The van der Waals surface area contributed by atoms with Crippen molar-refractivity contribution < 1.29 is 18.7 Å². The smallest absolute Gasteiger partial charge is 0.342 e. The van der Waals surface area contributed by atoms with E-state index in [4.69, 9.17) is 4.74 Å². The summed E-state index contributed by atoms with van der Waals surface area (Å²) < 4.78 is 19.7. The van der Waals surface area contributed by atoms with Crippen LogP contribution in [-0.4, -0.2) is 28.3 Å². The van der Waals surface area contributed by atoms with E-state index < -0.39 is 24.3 Å². The molecule has 1 heterocycles. The van der Waals surface area contributed by atoms with Gasteiger partial charge in [0.05, 0.1) is 17.1 Å². The molecule has 3 aromatic rings. The summed E-state index contributed by atoms with van der Waals surface area (Å²) in [6.45, 7) is 3.02. The summed E-state index contributed by atoms with van der Waals surface area (Å²) in [5.74, 6) is -1.54. The Labute approximate surface area is 155 Å². The Kier molecular flexibility index (Phi) is 5.30. The molecule has 0 spiro atoms. The average molecular weight is 367 g/mol. The Bertz CT molecular complexity index is 966. The summed E-state index contributed by atoms with van der Waals surface area (Å²) in [6.07, 6.45) is 0. The van der Waals surface area contributed by atoms with Crippen LogP contribution in [0, 0.1) is 19.7 Å². The van der Waals surface area contributed by atoms with Crippen molar-refractivity contribution in [1.29, 1.82) is 0 Å². The van der Waals surface area contributed by atoms with Crippen LogP contribution < -0.4 is 5.32 Å². The molecular weight excluding hydrogens is 349 g/mol. The molecule has 2 aromatic carbocycles. The second-order valence-corrected chi connectivity index (χ2v) is 5.92. The van der Waals surface area contributed by atoms with E-state index in [1.54, 1.807) is 18.5 Å². The number of hydrogen-bond acceptors (Lipinski definition) is 4. The molecule has 0 bridgehead atoms. The molecule has 0 saturated carbocycles. The topological polar surface area (TPSA) is 73.2 Å². The van der Waals surface area contributed by atoms with Gasteiger partial charge in [-0.15, -0.1) is 0 Å². The zero-order valence-corrected chi connectivity index (χ0v) is 14.9. The minimum absolute atomic E-state index is 0.327. The van der Waals surface area contributed by atoms with E-state index in [0.717, 1.165) is 5.69 Å². The summed E-state index contributed by atoms with van der Waals surface area (Å²) >= 11 is 0. The van der Waals surface area contributed by atoms with Crippen LogP contribution >= 0.6 is 0 Å². The van der Waals surface area contributed by atoms with Crippen molar-refractivity contribution in [3.05, 3.63) is 77.4 Å². The van der Waals surface area contributed by atoms with Crippen LogP contribution in [0.4, 0.5) is 10.1 Å². The van der Waals surface area contributed by atoms with Gasteiger partial charge in [-0.05, 0) is 50.2 Å². The van der Waals surface area contributed by atoms with Crippen molar-refractivity contribution in [2.45, 2.75) is 13.8 Å². The molecule has 0 aliphatic carbocycles. The Morgan fingerprint density at radius 1 is 1.07 bits per heavy atom. The zero-order valence-electron chi connectivity index (χ0n) is 14.9. The van der Waals surface area contributed by atoms with Gasteiger partial charge in [0.25, 0.3) is 5.91 Å².